The molecule has 17 heavy (non-hydrogen) atoms. The van der Waals surface area contributed by atoms with Gasteiger partial charge in [0.2, 0.25) is 0 Å². The average Bonchev–Trinajstić information content (AvgIpc) is 2.74. The predicted octanol–water partition coefficient (Wildman–Crippen LogP) is 3.29. The summed E-state index contributed by atoms with van der Waals surface area (Å²) in [5, 5.41) is 0.622. The quantitative estimate of drug-likeness (QED) is 0.808. The maximum atomic E-state index is 12.2. The van der Waals surface area contributed by atoms with Crippen LogP contribution in [0.3, 0.4) is 0 Å². The van der Waals surface area contributed by atoms with Gasteiger partial charge in [-0.3, -0.25) is 0 Å². The molecular formula is C11H18BrNO2S2. The van der Waals surface area contributed by atoms with Crippen LogP contribution in [0.2, 0.25) is 0 Å². The van der Waals surface area contributed by atoms with Gasteiger partial charge in [0.05, 0.1) is 0 Å². The number of alkyl halides is 1. The smallest absolute Gasteiger partial charge is 0.206 e. The molecule has 0 amide bonds. The summed E-state index contributed by atoms with van der Waals surface area (Å²) < 4.78 is 27.6. The predicted molar refractivity (Wildman–Crippen MR) is 76.5 cm³/mol. The second-order valence-corrected chi connectivity index (χ2v) is 7.85. The van der Waals surface area contributed by atoms with E-state index in [-0.39, 0.29) is 0 Å². The van der Waals surface area contributed by atoms with E-state index >= 15 is 0 Å². The van der Waals surface area contributed by atoms with E-state index in [1.165, 1.54) is 11.3 Å². The topological polar surface area (TPSA) is 46.2 Å². The second-order valence-electron chi connectivity index (χ2n) is 4.09. The molecule has 0 aromatic carbocycles. The minimum atomic E-state index is -3.39. The van der Waals surface area contributed by atoms with Crippen LogP contribution in [-0.2, 0) is 10.0 Å². The summed E-state index contributed by atoms with van der Waals surface area (Å²) in [6.45, 7) is 5.89. The molecule has 1 aromatic heterocycles. The fraction of sp³-hybridized carbons (Fsp3) is 0.636. The van der Waals surface area contributed by atoms with Crippen LogP contribution in [0.15, 0.2) is 16.3 Å². The van der Waals surface area contributed by atoms with Crippen molar-refractivity contribution in [2.24, 2.45) is 0 Å². The van der Waals surface area contributed by atoms with Gasteiger partial charge < -0.3 is 0 Å². The van der Waals surface area contributed by atoms with Gasteiger partial charge in [0.1, 0.15) is 4.21 Å². The first-order valence-corrected chi connectivity index (χ1v) is 8.97. The SMILES string of the molecule is CCC(CC)(CBr)NS(=O)(=O)c1ccc(C)s1. The van der Waals surface area contributed by atoms with Crippen LogP contribution < -0.4 is 4.72 Å². The number of halogens is 1. The molecule has 1 N–H and O–H groups in total. The molecular weight excluding hydrogens is 322 g/mol. The highest BCUT2D eigenvalue weighted by atomic mass is 79.9. The first kappa shape index (κ1) is 15.1. The third-order valence-corrected chi connectivity index (χ3v) is 7.09. The van der Waals surface area contributed by atoms with Gasteiger partial charge in [0.15, 0.2) is 0 Å². The van der Waals surface area contributed by atoms with Crippen LogP contribution in [0.5, 0.6) is 0 Å². The largest absolute Gasteiger partial charge is 0.250 e. The Hall–Kier alpha value is 0.0900. The lowest BCUT2D eigenvalue weighted by atomic mass is 9.97. The van der Waals surface area contributed by atoms with Gasteiger partial charge in [-0.2, -0.15) is 0 Å². The Balaban J connectivity index is 3.00. The third-order valence-electron chi connectivity index (χ3n) is 2.94. The summed E-state index contributed by atoms with van der Waals surface area (Å²) in [6.07, 6.45) is 1.52. The lowest BCUT2D eigenvalue weighted by molar-refractivity contribution is 0.399. The van der Waals surface area contributed by atoms with E-state index in [2.05, 4.69) is 20.7 Å². The molecule has 0 saturated heterocycles. The Morgan fingerprint density at radius 1 is 1.35 bits per heavy atom. The molecule has 0 bridgehead atoms. The van der Waals surface area contributed by atoms with Crippen LogP contribution in [0.1, 0.15) is 31.6 Å². The number of nitrogens with one attached hydrogen (secondary N) is 1. The van der Waals surface area contributed by atoms with Crippen molar-refractivity contribution < 1.29 is 8.42 Å². The third kappa shape index (κ3) is 3.53. The minimum Gasteiger partial charge on any atom is -0.206 e. The Bertz CT molecular complexity index is 455. The van der Waals surface area contributed by atoms with Crippen LogP contribution in [-0.4, -0.2) is 19.3 Å². The van der Waals surface area contributed by atoms with E-state index in [4.69, 9.17) is 0 Å². The highest BCUT2D eigenvalue weighted by Gasteiger charge is 2.31. The normalized spacial score (nSPS) is 12.9. The molecule has 1 heterocycles. The molecule has 0 unspecified atom stereocenters. The number of thiophene rings is 1. The van der Waals surface area contributed by atoms with E-state index in [1.54, 1.807) is 6.07 Å². The molecule has 0 aliphatic carbocycles. The molecule has 0 aliphatic rings. The van der Waals surface area contributed by atoms with Crippen molar-refractivity contribution >= 4 is 37.3 Å². The standard InChI is InChI=1S/C11H18BrNO2S2/c1-4-11(5-2,8-12)13-17(14,15)10-7-6-9(3)16-10/h6-7,13H,4-5,8H2,1-3H3. The Morgan fingerprint density at radius 3 is 2.29 bits per heavy atom. The molecule has 98 valence electrons. The summed E-state index contributed by atoms with van der Waals surface area (Å²) >= 11 is 4.70. The Labute approximate surface area is 116 Å². The van der Waals surface area contributed by atoms with Crippen LogP contribution in [0.4, 0.5) is 0 Å². The number of rotatable bonds is 6. The van der Waals surface area contributed by atoms with E-state index in [0.29, 0.717) is 9.54 Å². The molecule has 0 fully saturated rings. The fourth-order valence-electron chi connectivity index (χ4n) is 1.50. The van der Waals surface area contributed by atoms with Crippen molar-refractivity contribution in [2.45, 2.75) is 43.4 Å². The number of sulfonamides is 1. The van der Waals surface area contributed by atoms with Crippen LogP contribution in [0.25, 0.3) is 0 Å². The molecule has 0 spiro atoms. The zero-order chi connectivity index (χ0) is 13.1. The summed E-state index contributed by atoms with van der Waals surface area (Å²) in [4.78, 5) is 1.00. The number of hydrogen-bond acceptors (Lipinski definition) is 3. The van der Waals surface area contributed by atoms with Crippen molar-refractivity contribution in [1.82, 2.24) is 4.72 Å². The first-order valence-electron chi connectivity index (χ1n) is 5.55. The second kappa shape index (κ2) is 5.82. The molecule has 1 aromatic rings. The van der Waals surface area contributed by atoms with E-state index in [0.717, 1.165) is 17.7 Å². The van der Waals surface area contributed by atoms with Crippen molar-refractivity contribution in [3.05, 3.63) is 17.0 Å². The summed E-state index contributed by atoms with van der Waals surface area (Å²) in [7, 11) is -3.39. The van der Waals surface area contributed by atoms with Crippen molar-refractivity contribution in [1.29, 1.82) is 0 Å². The van der Waals surface area contributed by atoms with Crippen molar-refractivity contribution in [3.8, 4) is 0 Å². The van der Waals surface area contributed by atoms with Gasteiger partial charge in [-0.05, 0) is 31.9 Å². The van der Waals surface area contributed by atoms with Crippen molar-refractivity contribution in [2.75, 3.05) is 5.33 Å². The Kier molecular flexibility index (Phi) is 5.19. The van der Waals surface area contributed by atoms with E-state index < -0.39 is 15.6 Å². The summed E-state index contributed by atoms with van der Waals surface area (Å²) in [6, 6.07) is 3.49. The summed E-state index contributed by atoms with van der Waals surface area (Å²) in [5.41, 5.74) is -0.392. The van der Waals surface area contributed by atoms with Gasteiger partial charge in [0.25, 0.3) is 10.0 Å². The van der Waals surface area contributed by atoms with E-state index in [1.807, 2.05) is 26.8 Å². The molecule has 0 saturated carbocycles. The molecule has 0 atom stereocenters. The van der Waals surface area contributed by atoms with Gasteiger partial charge in [-0.1, -0.05) is 29.8 Å². The molecule has 0 aliphatic heterocycles. The van der Waals surface area contributed by atoms with Gasteiger partial charge >= 0.3 is 0 Å². The molecule has 6 heteroatoms. The average molecular weight is 340 g/mol. The fourth-order valence-corrected chi connectivity index (χ4v) is 5.45. The first-order chi connectivity index (χ1) is 7.89. The van der Waals surface area contributed by atoms with E-state index in [9.17, 15) is 8.42 Å². The highest BCUT2D eigenvalue weighted by Crippen LogP contribution is 2.25. The monoisotopic (exact) mass is 339 g/mol. The molecule has 1 rings (SSSR count). The Morgan fingerprint density at radius 2 is 1.94 bits per heavy atom. The summed E-state index contributed by atoms with van der Waals surface area (Å²) in [5.74, 6) is 0. The van der Waals surface area contributed by atoms with Crippen LogP contribution in [0, 0.1) is 6.92 Å². The zero-order valence-electron chi connectivity index (χ0n) is 10.3. The molecule has 0 radical (unpaired) electrons. The lowest BCUT2D eigenvalue weighted by Crippen LogP contribution is -2.48. The maximum Gasteiger partial charge on any atom is 0.250 e. The van der Waals surface area contributed by atoms with Crippen molar-refractivity contribution in [3.63, 3.8) is 0 Å². The van der Waals surface area contributed by atoms with Crippen LogP contribution >= 0.6 is 27.3 Å². The lowest BCUT2D eigenvalue weighted by Gasteiger charge is -2.30. The van der Waals surface area contributed by atoms with Gasteiger partial charge in [-0.15, -0.1) is 11.3 Å². The zero-order valence-corrected chi connectivity index (χ0v) is 13.5. The minimum absolute atomic E-state index is 0.391. The molecule has 3 nitrogen and oxygen atoms in total. The number of aryl methyl sites for hydroxylation is 1. The van der Waals surface area contributed by atoms with Gasteiger partial charge in [0, 0.05) is 15.7 Å². The number of hydrogen-bond donors (Lipinski definition) is 1. The highest BCUT2D eigenvalue weighted by molar-refractivity contribution is 9.09. The van der Waals surface area contributed by atoms with Gasteiger partial charge in [-0.25, -0.2) is 13.1 Å². The maximum absolute atomic E-state index is 12.2.